The highest BCUT2D eigenvalue weighted by atomic mass is 15.1. The lowest BCUT2D eigenvalue weighted by atomic mass is 9.95. The van der Waals surface area contributed by atoms with E-state index in [1.807, 2.05) is 0 Å². The van der Waals surface area contributed by atoms with Crippen molar-refractivity contribution < 1.29 is 0 Å². The number of benzene rings is 10. The number of para-hydroxylation sites is 4. The Morgan fingerprint density at radius 3 is 0.911 bits per heavy atom. The Kier molecular flexibility index (Phi) is 8.55. The summed E-state index contributed by atoms with van der Waals surface area (Å²) in [6.45, 7) is 0. The van der Waals surface area contributed by atoms with Crippen LogP contribution in [0.2, 0.25) is 0 Å². The van der Waals surface area contributed by atoms with Gasteiger partial charge in [-0.25, -0.2) is 0 Å². The van der Waals surface area contributed by atoms with Crippen LogP contribution in [-0.4, -0.2) is 0 Å². The molecule has 0 bridgehead atoms. The van der Waals surface area contributed by atoms with Crippen molar-refractivity contribution in [2.75, 3.05) is 9.80 Å². The Labute approximate surface area is 327 Å². The summed E-state index contributed by atoms with van der Waals surface area (Å²) in [5.41, 5.74) is 11.6. The largest absolute Gasteiger partial charge is 0.311 e. The molecule has 10 rings (SSSR count). The Hall–Kier alpha value is -7.42. The summed E-state index contributed by atoms with van der Waals surface area (Å²) in [4.78, 5) is 4.61. The SMILES string of the molecule is c1ccc(N(c2ccccc2)c2ccc(-c3ccc4cc5cc(-c6ccc7cc(N(c8ccccc8)c8ccccc8)ccc7c6)ccc5cc4c3)cc2)cc1. The van der Waals surface area contributed by atoms with Gasteiger partial charge in [0, 0.05) is 34.1 Å². The summed E-state index contributed by atoms with van der Waals surface area (Å²) < 4.78 is 0. The first-order valence-electron chi connectivity index (χ1n) is 19.2. The fourth-order valence-corrected chi connectivity index (χ4v) is 7.91. The van der Waals surface area contributed by atoms with Crippen molar-refractivity contribution in [3.63, 3.8) is 0 Å². The van der Waals surface area contributed by atoms with Crippen LogP contribution in [0.4, 0.5) is 34.1 Å². The van der Waals surface area contributed by atoms with Gasteiger partial charge in [-0.05, 0) is 158 Å². The molecule has 264 valence electrons. The van der Waals surface area contributed by atoms with Gasteiger partial charge in [0.15, 0.2) is 0 Å². The summed E-state index contributed by atoms with van der Waals surface area (Å²) in [5, 5.41) is 7.39. The molecule has 0 aromatic heterocycles. The molecule has 0 fully saturated rings. The van der Waals surface area contributed by atoms with E-state index < -0.39 is 0 Å². The fourth-order valence-electron chi connectivity index (χ4n) is 7.91. The molecule has 0 aliphatic carbocycles. The molecule has 0 amide bonds. The zero-order valence-corrected chi connectivity index (χ0v) is 30.8. The second-order valence-corrected chi connectivity index (χ2v) is 14.3. The first kappa shape index (κ1) is 33.2. The van der Waals surface area contributed by atoms with Crippen molar-refractivity contribution in [3.05, 3.63) is 231 Å². The maximum absolute atomic E-state index is 2.33. The van der Waals surface area contributed by atoms with Gasteiger partial charge in [0.25, 0.3) is 0 Å². The van der Waals surface area contributed by atoms with Crippen LogP contribution in [0.3, 0.4) is 0 Å². The summed E-state index contributed by atoms with van der Waals surface area (Å²) in [6, 6.07) is 83.0. The standard InChI is InChI=1S/C54H38N2/c1-5-13-49(14-6-1)55(50-15-7-2-8-16-50)53-30-27-39(28-31-53)40-21-24-44-37-48-35-42(22-25-45(48)36-47(44)34-40)41-23-26-46-38-54(32-29-43(46)33-41)56(51-17-9-3-10-18-51)52-19-11-4-12-20-52/h1-38H. The normalized spacial score (nSPS) is 11.2. The average Bonchev–Trinajstić information content (AvgIpc) is 3.27. The third-order valence-corrected chi connectivity index (χ3v) is 10.7. The quantitative estimate of drug-likeness (QED) is 0.145. The Balaban J connectivity index is 0.932. The molecular formula is C54H38N2. The number of anilines is 6. The lowest BCUT2D eigenvalue weighted by Crippen LogP contribution is -2.09. The molecule has 0 aliphatic heterocycles. The van der Waals surface area contributed by atoms with E-state index in [-0.39, 0.29) is 0 Å². The predicted molar refractivity (Wildman–Crippen MR) is 239 cm³/mol. The minimum Gasteiger partial charge on any atom is -0.311 e. The highest BCUT2D eigenvalue weighted by molar-refractivity contribution is 6.02. The molecule has 2 nitrogen and oxygen atoms in total. The van der Waals surface area contributed by atoms with Gasteiger partial charge in [0.2, 0.25) is 0 Å². The third-order valence-electron chi connectivity index (χ3n) is 10.7. The van der Waals surface area contributed by atoms with E-state index >= 15 is 0 Å². The van der Waals surface area contributed by atoms with Crippen molar-refractivity contribution in [2.45, 2.75) is 0 Å². The van der Waals surface area contributed by atoms with Gasteiger partial charge in [-0.15, -0.1) is 0 Å². The maximum atomic E-state index is 2.33. The van der Waals surface area contributed by atoms with Crippen LogP contribution >= 0.6 is 0 Å². The van der Waals surface area contributed by atoms with Crippen LogP contribution in [0, 0.1) is 0 Å². The van der Waals surface area contributed by atoms with Crippen LogP contribution in [0.5, 0.6) is 0 Å². The summed E-state index contributed by atoms with van der Waals surface area (Å²) >= 11 is 0. The van der Waals surface area contributed by atoms with E-state index in [1.165, 1.54) is 54.6 Å². The molecule has 0 N–H and O–H groups in total. The third kappa shape index (κ3) is 6.44. The van der Waals surface area contributed by atoms with Crippen molar-refractivity contribution in [1.82, 2.24) is 0 Å². The monoisotopic (exact) mass is 714 g/mol. The molecule has 0 spiro atoms. The first-order valence-corrected chi connectivity index (χ1v) is 19.2. The fraction of sp³-hybridized carbons (Fsp3) is 0. The zero-order valence-electron chi connectivity index (χ0n) is 30.8. The van der Waals surface area contributed by atoms with Crippen molar-refractivity contribution in [3.8, 4) is 22.3 Å². The minimum atomic E-state index is 1.13. The van der Waals surface area contributed by atoms with E-state index in [0.717, 1.165) is 34.1 Å². The summed E-state index contributed by atoms with van der Waals surface area (Å²) in [6.07, 6.45) is 0. The Morgan fingerprint density at radius 2 is 0.464 bits per heavy atom. The summed E-state index contributed by atoms with van der Waals surface area (Å²) in [7, 11) is 0. The van der Waals surface area contributed by atoms with Gasteiger partial charge in [-0.3, -0.25) is 0 Å². The average molecular weight is 715 g/mol. The summed E-state index contributed by atoms with van der Waals surface area (Å²) in [5.74, 6) is 0. The second kappa shape index (κ2) is 14.4. The van der Waals surface area contributed by atoms with Crippen molar-refractivity contribution in [1.29, 1.82) is 0 Å². The van der Waals surface area contributed by atoms with E-state index in [4.69, 9.17) is 0 Å². The molecule has 0 saturated carbocycles. The smallest absolute Gasteiger partial charge is 0.0468 e. The van der Waals surface area contributed by atoms with E-state index in [9.17, 15) is 0 Å². The highest BCUT2D eigenvalue weighted by Gasteiger charge is 2.14. The van der Waals surface area contributed by atoms with Crippen LogP contribution in [0.15, 0.2) is 231 Å². The number of rotatable bonds is 8. The molecule has 0 radical (unpaired) electrons. The molecule has 10 aromatic carbocycles. The Bertz CT molecular complexity index is 2860. The van der Waals surface area contributed by atoms with Gasteiger partial charge in [-0.2, -0.15) is 0 Å². The molecular weight excluding hydrogens is 677 g/mol. The van der Waals surface area contributed by atoms with Crippen molar-refractivity contribution in [2.24, 2.45) is 0 Å². The molecule has 0 saturated heterocycles. The van der Waals surface area contributed by atoms with Gasteiger partial charge in [0.1, 0.15) is 0 Å². The van der Waals surface area contributed by atoms with Crippen LogP contribution in [-0.2, 0) is 0 Å². The minimum absolute atomic E-state index is 1.13. The van der Waals surface area contributed by atoms with E-state index in [0.29, 0.717) is 0 Å². The molecule has 0 atom stereocenters. The molecule has 0 unspecified atom stereocenters. The first-order chi connectivity index (χ1) is 27.7. The second-order valence-electron chi connectivity index (χ2n) is 14.3. The molecule has 0 aliphatic rings. The predicted octanol–water partition coefficient (Wildman–Crippen LogP) is 15.4. The van der Waals surface area contributed by atoms with Crippen molar-refractivity contribution >= 4 is 66.4 Å². The van der Waals surface area contributed by atoms with Crippen LogP contribution < -0.4 is 9.80 Å². The van der Waals surface area contributed by atoms with Gasteiger partial charge in [-0.1, -0.05) is 127 Å². The lowest BCUT2D eigenvalue weighted by Gasteiger charge is -2.25. The zero-order chi connectivity index (χ0) is 37.3. The molecule has 10 aromatic rings. The topological polar surface area (TPSA) is 6.48 Å². The molecule has 0 heterocycles. The number of hydrogen-bond acceptors (Lipinski definition) is 2. The maximum Gasteiger partial charge on any atom is 0.0468 e. The Morgan fingerprint density at radius 1 is 0.179 bits per heavy atom. The van der Waals surface area contributed by atoms with Gasteiger partial charge >= 0.3 is 0 Å². The lowest BCUT2D eigenvalue weighted by molar-refractivity contribution is 1.28. The molecule has 56 heavy (non-hydrogen) atoms. The van der Waals surface area contributed by atoms with Gasteiger partial charge < -0.3 is 9.80 Å². The van der Waals surface area contributed by atoms with E-state index in [1.54, 1.807) is 0 Å². The van der Waals surface area contributed by atoms with Crippen LogP contribution in [0.1, 0.15) is 0 Å². The number of fused-ring (bicyclic) bond motifs is 3. The number of hydrogen-bond donors (Lipinski definition) is 0. The molecule has 2 heteroatoms. The van der Waals surface area contributed by atoms with E-state index in [2.05, 4.69) is 240 Å². The van der Waals surface area contributed by atoms with Crippen LogP contribution in [0.25, 0.3) is 54.6 Å². The number of nitrogens with zero attached hydrogens (tertiary/aromatic N) is 2. The highest BCUT2D eigenvalue weighted by Crippen LogP contribution is 2.39. The van der Waals surface area contributed by atoms with Gasteiger partial charge in [0.05, 0.1) is 0 Å².